The van der Waals surface area contributed by atoms with Crippen LogP contribution in [-0.4, -0.2) is 20.5 Å². The number of fused-ring (bicyclic) bond motifs is 5. The zero-order valence-electron chi connectivity index (χ0n) is 10.2. The number of hydrogen-bond acceptors (Lipinski definition) is 4. The normalized spacial score (nSPS) is 12.4. The Morgan fingerprint density at radius 2 is 2.15 bits per heavy atom. The van der Waals surface area contributed by atoms with Gasteiger partial charge in [-0.15, -0.1) is 0 Å². The molecule has 0 aliphatic heterocycles. The van der Waals surface area contributed by atoms with Gasteiger partial charge in [0.1, 0.15) is 4.88 Å². The van der Waals surface area contributed by atoms with Gasteiger partial charge in [0, 0.05) is 18.1 Å². The Labute approximate surface area is 116 Å². The Morgan fingerprint density at radius 1 is 1.35 bits per heavy atom. The molecule has 2 heterocycles. The predicted molar refractivity (Wildman–Crippen MR) is 74.5 cm³/mol. The summed E-state index contributed by atoms with van der Waals surface area (Å²) in [5.41, 5.74) is 3.44. The van der Waals surface area contributed by atoms with E-state index in [2.05, 4.69) is 4.98 Å². The average molecular weight is 284 g/mol. The molecule has 0 fully saturated rings. The molecule has 1 aliphatic rings. The molecule has 4 rings (SSSR count). The van der Waals surface area contributed by atoms with Crippen molar-refractivity contribution in [3.8, 4) is 11.3 Å². The number of hydrogen-bond donors (Lipinski definition) is 1. The molecule has 0 saturated carbocycles. The van der Waals surface area contributed by atoms with E-state index in [0.29, 0.717) is 11.4 Å². The number of carbonyl (C=O) groups is 1. The number of benzene rings is 1. The van der Waals surface area contributed by atoms with Crippen LogP contribution in [0.5, 0.6) is 0 Å². The van der Waals surface area contributed by atoms with E-state index < -0.39 is 5.97 Å². The molecule has 1 N–H and O–H groups in total. The minimum atomic E-state index is -1.10. The quantitative estimate of drug-likeness (QED) is 0.580. The van der Waals surface area contributed by atoms with Crippen molar-refractivity contribution < 1.29 is 9.90 Å². The minimum Gasteiger partial charge on any atom is -0.477 e. The first kappa shape index (κ1) is 11.4. The second-order valence-corrected chi connectivity index (χ2v) is 5.62. The third-order valence-corrected chi connectivity index (χ3v) is 4.41. The number of carboxylic acid groups (broad SMARTS) is 1. The highest BCUT2D eigenvalue weighted by Gasteiger charge is 2.25. The number of aromatic carboxylic acids is 1. The summed E-state index contributed by atoms with van der Waals surface area (Å²) >= 11 is 1.02. The van der Waals surface area contributed by atoms with Gasteiger partial charge in [0.05, 0.1) is 11.4 Å². The molecule has 1 aliphatic carbocycles. The van der Waals surface area contributed by atoms with E-state index in [1.807, 2.05) is 24.3 Å². The summed E-state index contributed by atoms with van der Waals surface area (Å²) in [6, 6.07) is 9.02. The van der Waals surface area contributed by atoms with Gasteiger partial charge in [-0.25, -0.2) is 14.2 Å². The third-order valence-electron chi connectivity index (χ3n) is 3.44. The van der Waals surface area contributed by atoms with Crippen LogP contribution in [-0.2, 0) is 6.42 Å². The molecule has 0 bridgehead atoms. The second kappa shape index (κ2) is 3.77. The van der Waals surface area contributed by atoms with Gasteiger partial charge in [-0.05, 0) is 5.56 Å². The first-order valence-corrected chi connectivity index (χ1v) is 6.84. The topological polar surface area (TPSA) is 71.7 Å². The Balaban J connectivity index is 2.10. The predicted octanol–water partition coefficient (Wildman–Crippen LogP) is 2.03. The van der Waals surface area contributed by atoms with Crippen LogP contribution in [0.2, 0.25) is 0 Å². The van der Waals surface area contributed by atoms with E-state index >= 15 is 0 Å². The van der Waals surface area contributed by atoms with Gasteiger partial charge in [-0.1, -0.05) is 35.6 Å². The molecular formula is C14H8N2O3S. The molecule has 2 aromatic heterocycles. The van der Waals surface area contributed by atoms with Crippen LogP contribution in [0.15, 0.2) is 35.1 Å². The maximum atomic E-state index is 12.2. The Kier molecular flexibility index (Phi) is 2.14. The summed E-state index contributed by atoms with van der Waals surface area (Å²) in [6.07, 6.45) is 0.682. The molecule has 0 radical (unpaired) electrons. The number of carboxylic acids is 1. The summed E-state index contributed by atoms with van der Waals surface area (Å²) in [6.45, 7) is 0. The van der Waals surface area contributed by atoms with Crippen molar-refractivity contribution >= 4 is 22.3 Å². The van der Waals surface area contributed by atoms with Crippen molar-refractivity contribution in [1.82, 2.24) is 9.38 Å². The van der Waals surface area contributed by atoms with Gasteiger partial charge in [0.25, 0.3) is 5.56 Å². The lowest BCUT2D eigenvalue weighted by atomic mass is 10.1. The van der Waals surface area contributed by atoms with E-state index in [1.54, 1.807) is 0 Å². The lowest BCUT2D eigenvalue weighted by molar-refractivity contribution is 0.0702. The summed E-state index contributed by atoms with van der Waals surface area (Å²) in [4.78, 5) is 28.1. The molecule has 20 heavy (non-hydrogen) atoms. The fourth-order valence-electron chi connectivity index (χ4n) is 2.61. The van der Waals surface area contributed by atoms with Gasteiger partial charge < -0.3 is 5.11 Å². The van der Waals surface area contributed by atoms with E-state index in [4.69, 9.17) is 5.11 Å². The largest absolute Gasteiger partial charge is 0.477 e. The summed E-state index contributed by atoms with van der Waals surface area (Å²) in [7, 11) is 0. The highest BCUT2D eigenvalue weighted by Crippen LogP contribution is 2.36. The van der Waals surface area contributed by atoms with Crippen LogP contribution in [0.3, 0.4) is 0 Å². The first-order valence-electron chi connectivity index (χ1n) is 6.02. The van der Waals surface area contributed by atoms with Crippen LogP contribution < -0.4 is 5.56 Å². The zero-order valence-corrected chi connectivity index (χ0v) is 11.0. The number of imidazole rings is 1. The fourth-order valence-corrected chi connectivity index (χ4v) is 3.48. The van der Waals surface area contributed by atoms with Crippen LogP contribution >= 0.6 is 11.3 Å². The Hall–Kier alpha value is -2.47. The molecule has 0 saturated heterocycles. The third kappa shape index (κ3) is 1.39. The van der Waals surface area contributed by atoms with Crippen molar-refractivity contribution in [1.29, 1.82) is 0 Å². The maximum Gasteiger partial charge on any atom is 0.346 e. The van der Waals surface area contributed by atoms with Crippen LogP contribution in [0.25, 0.3) is 16.2 Å². The molecule has 5 nitrogen and oxygen atoms in total. The van der Waals surface area contributed by atoms with Gasteiger partial charge >= 0.3 is 5.97 Å². The second-order valence-electron chi connectivity index (χ2n) is 4.61. The first-order chi connectivity index (χ1) is 9.65. The highest BCUT2D eigenvalue weighted by molar-refractivity contribution is 7.18. The highest BCUT2D eigenvalue weighted by atomic mass is 32.1. The molecule has 3 aromatic rings. The van der Waals surface area contributed by atoms with Gasteiger partial charge in [-0.2, -0.15) is 0 Å². The molecule has 1 aromatic carbocycles. The van der Waals surface area contributed by atoms with Crippen LogP contribution in [0.1, 0.15) is 20.9 Å². The van der Waals surface area contributed by atoms with Gasteiger partial charge in [0.15, 0.2) is 4.96 Å². The van der Waals surface area contributed by atoms with Crippen molar-refractivity contribution in [2.75, 3.05) is 0 Å². The molecule has 0 spiro atoms. The standard InChI is InChI=1S/C14H8N2O3S/c17-11-6-10(13(18)19)20-14-15-9-5-7-3-1-2-4-8(7)12(9)16(11)14/h1-4,6H,5H2,(H,18,19). The summed E-state index contributed by atoms with van der Waals surface area (Å²) in [5, 5.41) is 9.01. The van der Waals surface area contributed by atoms with Gasteiger partial charge in [0.2, 0.25) is 0 Å². The average Bonchev–Trinajstić information content (AvgIpc) is 2.93. The smallest absolute Gasteiger partial charge is 0.346 e. The van der Waals surface area contributed by atoms with Crippen LogP contribution in [0, 0.1) is 0 Å². The fraction of sp³-hybridized carbons (Fsp3) is 0.0714. The molecule has 98 valence electrons. The maximum absolute atomic E-state index is 12.2. The van der Waals surface area contributed by atoms with Crippen molar-refractivity contribution in [2.24, 2.45) is 0 Å². The molecule has 0 unspecified atom stereocenters. The molecule has 0 amide bonds. The molecular weight excluding hydrogens is 276 g/mol. The number of rotatable bonds is 1. The monoisotopic (exact) mass is 284 g/mol. The Morgan fingerprint density at radius 3 is 2.95 bits per heavy atom. The molecule has 6 heteroatoms. The van der Waals surface area contributed by atoms with Crippen molar-refractivity contribution in [2.45, 2.75) is 6.42 Å². The summed E-state index contributed by atoms with van der Waals surface area (Å²) in [5.74, 6) is -1.10. The summed E-state index contributed by atoms with van der Waals surface area (Å²) < 4.78 is 1.51. The molecule has 0 atom stereocenters. The van der Waals surface area contributed by atoms with Gasteiger partial charge in [-0.3, -0.25) is 4.79 Å². The van der Waals surface area contributed by atoms with E-state index in [0.717, 1.165) is 39.9 Å². The van der Waals surface area contributed by atoms with Crippen LogP contribution in [0.4, 0.5) is 0 Å². The van der Waals surface area contributed by atoms with E-state index in [-0.39, 0.29) is 10.4 Å². The van der Waals surface area contributed by atoms with Crippen molar-refractivity contribution in [3.05, 3.63) is 56.8 Å². The van der Waals surface area contributed by atoms with Crippen molar-refractivity contribution in [3.63, 3.8) is 0 Å². The van der Waals surface area contributed by atoms with E-state index in [9.17, 15) is 9.59 Å². The SMILES string of the molecule is O=C(O)c1cc(=O)n2c3c(nc2s1)Cc1ccccc1-3. The minimum absolute atomic E-state index is 0.0134. The number of aromatic nitrogens is 2. The zero-order chi connectivity index (χ0) is 13.9. The lowest BCUT2D eigenvalue weighted by Crippen LogP contribution is -2.13. The van der Waals surface area contributed by atoms with E-state index in [1.165, 1.54) is 4.40 Å². The number of nitrogens with zero attached hydrogens (tertiary/aromatic N) is 2. The Bertz CT molecular complexity index is 939. The lowest BCUT2D eigenvalue weighted by Gasteiger charge is -2.01.